The predicted molar refractivity (Wildman–Crippen MR) is 122 cm³/mol. The molecular weight excluding hydrogens is 442 g/mol. The van der Waals surface area contributed by atoms with Gasteiger partial charge in [0.15, 0.2) is 5.82 Å². The number of pyridine rings is 1. The molecule has 0 atom stereocenters. The second-order valence-corrected chi connectivity index (χ2v) is 7.35. The zero-order chi connectivity index (χ0) is 20.8. The second-order valence-electron chi connectivity index (χ2n) is 6.50. The van der Waals surface area contributed by atoms with Crippen molar-refractivity contribution in [2.45, 2.75) is 6.42 Å². The van der Waals surface area contributed by atoms with Gasteiger partial charge in [0.2, 0.25) is 5.95 Å². The summed E-state index contributed by atoms with van der Waals surface area (Å²) in [4.78, 5) is 22.4. The summed E-state index contributed by atoms with van der Waals surface area (Å²) in [5.41, 5.74) is 3.64. The Hall–Kier alpha value is -3.39. The Labute approximate surface area is 183 Å². The molecule has 4 rings (SSSR count). The molecule has 0 aliphatic carbocycles. The number of benzene rings is 1. The number of nitrogens with zero attached hydrogens (tertiary/aromatic N) is 5. The average Bonchev–Trinajstić information content (AvgIpc) is 2.81. The Morgan fingerprint density at radius 2 is 1.80 bits per heavy atom. The average molecular weight is 462 g/mol. The van der Waals surface area contributed by atoms with Gasteiger partial charge in [-0.3, -0.25) is 4.98 Å². The van der Waals surface area contributed by atoms with E-state index in [0.29, 0.717) is 24.1 Å². The van der Waals surface area contributed by atoms with E-state index in [4.69, 9.17) is 4.98 Å². The van der Waals surface area contributed by atoms with Gasteiger partial charge in [0.25, 0.3) is 0 Å². The third-order valence-electron chi connectivity index (χ3n) is 4.48. The highest BCUT2D eigenvalue weighted by atomic mass is 79.9. The fourth-order valence-electron chi connectivity index (χ4n) is 2.98. The minimum atomic E-state index is 0.556. The Morgan fingerprint density at radius 1 is 0.933 bits per heavy atom. The van der Waals surface area contributed by atoms with Crippen molar-refractivity contribution in [3.8, 4) is 22.6 Å². The molecule has 0 aliphatic heterocycles. The molecule has 0 aliphatic rings. The number of anilines is 2. The van der Waals surface area contributed by atoms with Crippen molar-refractivity contribution in [3.05, 3.63) is 77.3 Å². The smallest absolute Gasteiger partial charge is 0.224 e. The molecule has 0 amide bonds. The van der Waals surface area contributed by atoms with Gasteiger partial charge in [-0.25, -0.2) is 15.0 Å². The van der Waals surface area contributed by atoms with Crippen LogP contribution in [0.1, 0.15) is 5.56 Å². The highest BCUT2D eigenvalue weighted by molar-refractivity contribution is 9.10. The lowest BCUT2D eigenvalue weighted by molar-refractivity contribution is 0.974. The monoisotopic (exact) mass is 461 g/mol. The van der Waals surface area contributed by atoms with Crippen LogP contribution in [-0.2, 0) is 6.42 Å². The number of halogens is 1. The Kier molecular flexibility index (Phi) is 6.24. The molecule has 30 heavy (non-hydrogen) atoms. The van der Waals surface area contributed by atoms with E-state index in [1.54, 1.807) is 18.6 Å². The zero-order valence-electron chi connectivity index (χ0n) is 16.4. The maximum Gasteiger partial charge on any atom is 0.224 e. The van der Waals surface area contributed by atoms with Crippen LogP contribution in [-0.4, -0.2) is 38.5 Å². The van der Waals surface area contributed by atoms with E-state index in [1.807, 2.05) is 49.6 Å². The van der Waals surface area contributed by atoms with Gasteiger partial charge < -0.3 is 10.6 Å². The summed E-state index contributed by atoms with van der Waals surface area (Å²) >= 11 is 3.56. The predicted octanol–water partition coefficient (Wildman–Crippen LogP) is 4.45. The standard InChI is InChI=1S/C22H20BrN7/c1-24-21-17(13-28-22(30-21)26-11-9-15-6-5-10-25-12-15)19-18(23)14-27-20(29-19)16-7-3-2-4-8-16/h2-8,10,12-14H,9,11H2,1H3,(H2,24,26,28,30). The quantitative estimate of drug-likeness (QED) is 0.420. The van der Waals surface area contributed by atoms with E-state index in [0.717, 1.165) is 33.3 Å². The lowest BCUT2D eigenvalue weighted by Crippen LogP contribution is -2.10. The lowest BCUT2D eigenvalue weighted by atomic mass is 10.2. The molecule has 2 N–H and O–H groups in total. The summed E-state index contributed by atoms with van der Waals surface area (Å²) in [6, 6.07) is 13.9. The van der Waals surface area contributed by atoms with Crippen LogP contribution in [0.25, 0.3) is 22.6 Å². The van der Waals surface area contributed by atoms with Crippen molar-refractivity contribution < 1.29 is 0 Å². The normalized spacial score (nSPS) is 10.6. The molecular formula is C22H20BrN7. The van der Waals surface area contributed by atoms with Crippen LogP contribution in [0.4, 0.5) is 11.8 Å². The van der Waals surface area contributed by atoms with E-state index in [9.17, 15) is 0 Å². The van der Waals surface area contributed by atoms with Gasteiger partial charge in [-0.2, -0.15) is 4.98 Å². The molecule has 1 aromatic carbocycles. The van der Waals surface area contributed by atoms with Gasteiger partial charge in [0.1, 0.15) is 5.82 Å². The van der Waals surface area contributed by atoms with Gasteiger partial charge in [-0.05, 0) is 34.0 Å². The van der Waals surface area contributed by atoms with Crippen molar-refractivity contribution >= 4 is 27.7 Å². The van der Waals surface area contributed by atoms with Crippen molar-refractivity contribution in [1.82, 2.24) is 24.9 Å². The fourth-order valence-corrected chi connectivity index (χ4v) is 3.38. The first-order chi connectivity index (χ1) is 14.7. The zero-order valence-corrected chi connectivity index (χ0v) is 18.0. The summed E-state index contributed by atoms with van der Waals surface area (Å²) in [6.45, 7) is 0.712. The second kappa shape index (κ2) is 9.41. The molecule has 0 unspecified atom stereocenters. The van der Waals surface area contributed by atoms with Gasteiger partial charge in [-0.1, -0.05) is 36.4 Å². The lowest BCUT2D eigenvalue weighted by Gasteiger charge is -2.12. The molecule has 0 saturated carbocycles. The van der Waals surface area contributed by atoms with Crippen LogP contribution >= 0.6 is 15.9 Å². The molecule has 3 aromatic heterocycles. The maximum absolute atomic E-state index is 4.75. The number of aromatic nitrogens is 5. The first-order valence-corrected chi connectivity index (χ1v) is 10.3. The highest BCUT2D eigenvalue weighted by Gasteiger charge is 2.15. The third-order valence-corrected chi connectivity index (χ3v) is 5.06. The molecule has 7 nitrogen and oxygen atoms in total. The van der Waals surface area contributed by atoms with Crippen molar-refractivity contribution in [2.24, 2.45) is 0 Å². The van der Waals surface area contributed by atoms with E-state index in [1.165, 1.54) is 0 Å². The number of hydrogen-bond donors (Lipinski definition) is 2. The summed E-state index contributed by atoms with van der Waals surface area (Å²) < 4.78 is 0.777. The van der Waals surface area contributed by atoms with Crippen molar-refractivity contribution in [3.63, 3.8) is 0 Å². The molecule has 0 saturated heterocycles. The van der Waals surface area contributed by atoms with Crippen LogP contribution in [0.3, 0.4) is 0 Å². The van der Waals surface area contributed by atoms with Crippen LogP contribution in [0.5, 0.6) is 0 Å². The SMILES string of the molecule is CNc1nc(NCCc2cccnc2)ncc1-c1nc(-c2ccccc2)ncc1Br. The summed E-state index contributed by atoms with van der Waals surface area (Å²) in [5, 5.41) is 6.41. The Morgan fingerprint density at radius 3 is 2.57 bits per heavy atom. The minimum absolute atomic E-state index is 0.556. The van der Waals surface area contributed by atoms with Crippen LogP contribution in [0, 0.1) is 0 Å². The molecule has 0 fully saturated rings. The number of rotatable bonds is 7. The molecule has 0 radical (unpaired) electrons. The van der Waals surface area contributed by atoms with Gasteiger partial charge in [-0.15, -0.1) is 0 Å². The number of nitrogens with one attached hydrogen (secondary N) is 2. The topological polar surface area (TPSA) is 88.5 Å². The first kappa shape index (κ1) is 19.9. The van der Waals surface area contributed by atoms with Crippen LogP contribution in [0.15, 0.2) is 71.7 Å². The molecule has 8 heteroatoms. The Balaban J connectivity index is 1.57. The van der Waals surface area contributed by atoms with Crippen molar-refractivity contribution in [1.29, 1.82) is 0 Å². The van der Waals surface area contributed by atoms with E-state index < -0.39 is 0 Å². The third kappa shape index (κ3) is 4.60. The highest BCUT2D eigenvalue weighted by Crippen LogP contribution is 2.32. The molecule has 3 heterocycles. The fraction of sp³-hybridized carbons (Fsp3) is 0.136. The molecule has 0 spiro atoms. The summed E-state index contributed by atoms with van der Waals surface area (Å²) in [5.74, 6) is 1.89. The Bertz CT molecular complexity index is 1120. The van der Waals surface area contributed by atoms with Crippen LogP contribution in [0.2, 0.25) is 0 Å². The largest absolute Gasteiger partial charge is 0.372 e. The van der Waals surface area contributed by atoms with Crippen LogP contribution < -0.4 is 10.6 Å². The summed E-state index contributed by atoms with van der Waals surface area (Å²) in [6.07, 6.45) is 8.00. The van der Waals surface area contributed by atoms with E-state index >= 15 is 0 Å². The van der Waals surface area contributed by atoms with E-state index in [-0.39, 0.29) is 0 Å². The minimum Gasteiger partial charge on any atom is -0.372 e. The molecule has 150 valence electrons. The van der Waals surface area contributed by atoms with Gasteiger partial charge in [0, 0.05) is 43.9 Å². The summed E-state index contributed by atoms with van der Waals surface area (Å²) in [7, 11) is 1.83. The molecule has 4 aromatic rings. The van der Waals surface area contributed by atoms with E-state index in [2.05, 4.69) is 52.6 Å². The van der Waals surface area contributed by atoms with Gasteiger partial charge in [0.05, 0.1) is 15.7 Å². The first-order valence-electron chi connectivity index (χ1n) is 9.50. The maximum atomic E-state index is 4.75. The van der Waals surface area contributed by atoms with Gasteiger partial charge >= 0.3 is 0 Å². The molecule has 0 bridgehead atoms. The van der Waals surface area contributed by atoms with Crippen molar-refractivity contribution in [2.75, 3.05) is 24.2 Å². The number of hydrogen-bond acceptors (Lipinski definition) is 7.